The van der Waals surface area contributed by atoms with Crippen molar-refractivity contribution in [2.75, 3.05) is 13.2 Å². The SMILES string of the molecule is C=CCN(C(=O)C(CO)NC(=O)OC(C)(C)C)C(C(=O)NC(C)(C)C)c1ccc(C)cc1. The van der Waals surface area contributed by atoms with Crippen LogP contribution in [0.4, 0.5) is 4.79 Å². The van der Waals surface area contributed by atoms with Crippen LogP contribution >= 0.6 is 0 Å². The van der Waals surface area contributed by atoms with Crippen molar-refractivity contribution in [3.05, 3.63) is 48.0 Å². The van der Waals surface area contributed by atoms with Crippen molar-refractivity contribution in [1.29, 1.82) is 0 Å². The van der Waals surface area contributed by atoms with Gasteiger partial charge in [0, 0.05) is 12.1 Å². The largest absolute Gasteiger partial charge is 0.444 e. The van der Waals surface area contributed by atoms with Gasteiger partial charge in [-0.3, -0.25) is 9.59 Å². The molecule has 8 nitrogen and oxygen atoms in total. The Bertz CT molecular complexity index is 806. The predicted octanol–water partition coefficient (Wildman–Crippen LogP) is 2.85. The van der Waals surface area contributed by atoms with E-state index in [0.717, 1.165) is 5.56 Å². The second-order valence-electron chi connectivity index (χ2n) is 9.71. The lowest BCUT2D eigenvalue weighted by atomic mass is 9.99. The van der Waals surface area contributed by atoms with E-state index in [1.54, 1.807) is 32.9 Å². The average molecular weight is 448 g/mol. The summed E-state index contributed by atoms with van der Waals surface area (Å²) in [5.41, 5.74) is 0.297. The number of hydrogen-bond acceptors (Lipinski definition) is 5. The molecule has 0 saturated carbocycles. The third kappa shape index (κ3) is 8.70. The van der Waals surface area contributed by atoms with E-state index >= 15 is 0 Å². The van der Waals surface area contributed by atoms with Crippen LogP contribution in [0.25, 0.3) is 0 Å². The Morgan fingerprint density at radius 3 is 2.12 bits per heavy atom. The maximum absolute atomic E-state index is 13.4. The minimum absolute atomic E-state index is 0.0292. The van der Waals surface area contributed by atoms with Gasteiger partial charge in [-0.2, -0.15) is 0 Å². The standard InChI is InChI=1S/C24H37N3O5/c1-9-14-27(21(30)18(15-28)25-22(31)32-24(6,7)8)19(20(29)26-23(3,4)5)17-12-10-16(2)11-13-17/h9-13,18-19,28H,1,14-15H2,2-8H3,(H,25,31)(H,26,29). The molecule has 0 saturated heterocycles. The van der Waals surface area contributed by atoms with E-state index in [4.69, 9.17) is 4.74 Å². The molecular formula is C24H37N3O5. The van der Waals surface area contributed by atoms with Gasteiger partial charge in [-0.25, -0.2) is 4.79 Å². The molecule has 0 radical (unpaired) electrons. The number of alkyl carbamates (subject to hydrolysis) is 1. The lowest BCUT2D eigenvalue weighted by Crippen LogP contribution is -2.55. The van der Waals surface area contributed by atoms with Gasteiger partial charge in [0.15, 0.2) is 0 Å². The molecule has 0 heterocycles. The Labute approximate surface area is 191 Å². The normalized spacial score (nSPS) is 13.5. The number of aliphatic hydroxyl groups excluding tert-OH is 1. The first-order chi connectivity index (χ1) is 14.7. The van der Waals surface area contributed by atoms with Gasteiger partial charge in [0.1, 0.15) is 17.7 Å². The molecule has 0 aliphatic heterocycles. The van der Waals surface area contributed by atoms with Crippen LogP contribution in [-0.4, -0.2) is 58.2 Å². The number of nitrogens with one attached hydrogen (secondary N) is 2. The Balaban J connectivity index is 3.34. The van der Waals surface area contributed by atoms with E-state index in [-0.39, 0.29) is 12.5 Å². The maximum Gasteiger partial charge on any atom is 0.408 e. The smallest absolute Gasteiger partial charge is 0.408 e. The summed E-state index contributed by atoms with van der Waals surface area (Å²) in [5, 5.41) is 15.1. The summed E-state index contributed by atoms with van der Waals surface area (Å²) in [6, 6.07) is 4.98. The van der Waals surface area contributed by atoms with Gasteiger partial charge >= 0.3 is 6.09 Å². The van der Waals surface area contributed by atoms with Crippen LogP contribution in [0.5, 0.6) is 0 Å². The number of nitrogens with zero attached hydrogens (tertiary/aromatic N) is 1. The van der Waals surface area contributed by atoms with Crippen LogP contribution in [0, 0.1) is 6.92 Å². The lowest BCUT2D eigenvalue weighted by molar-refractivity contribution is -0.143. The Hall–Kier alpha value is -2.87. The van der Waals surface area contributed by atoms with Gasteiger partial charge in [0.05, 0.1) is 6.61 Å². The first-order valence-corrected chi connectivity index (χ1v) is 10.6. The van der Waals surface area contributed by atoms with Crippen LogP contribution in [0.1, 0.15) is 58.7 Å². The highest BCUT2D eigenvalue weighted by Crippen LogP contribution is 2.24. The van der Waals surface area contributed by atoms with E-state index < -0.39 is 41.8 Å². The van der Waals surface area contributed by atoms with Crippen LogP contribution in [0.15, 0.2) is 36.9 Å². The molecule has 32 heavy (non-hydrogen) atoms. The molecule has 0 fully saturated rings. The van der Waals surface area contributed by atoms with Crippen LogP contribution in [0.3, 0.4) is 0 Å². The van der Waals surface area contributed by atoms with E-state index in [2.05, 4.69) is 17.2 Å². The number of benzene rings is 1. The predicted molar refractivity (Wildman–Crippen MR) is 124 cm³/mol. The van der Waals surface area contributed by atoms with Gasteiger partial charge in [0.2, 0.25) is 11.8 Å². The molecule has 1 aromatic rings. The molecule has 0 bridgehead atoms. The highest BCUT2D eigenvalue weighted by atomic mass is 16.6. The zero-order valence-corrected chi connectivity index (χ0v) is 20.2. The summed E-state index contributed by atoms with van der Waals surface area (Å²) in [7, 11) is 0. The number of aliphatic hydroxyl groups is 1. The summed E-state index contributed by atoms with van der Waals surface area (Å²) >= 11 is 0. The number of carbonyl (C=O) groups is 3. The molecule has 2 atom stereocenters. The van der Waals surface area contributed by atoms with Crippen molar-refractivity contribution in [2.45, 2.75) is 71.7 Å². The lowest BCUT2D eigenvalue weighted by Gasteiger charge is -2.35. The van der Waals surface area contributed by atoms with Crippen LogP contribution < -0.4 is 10.6 Å². The molecule has 0 aliphatic carbocycles. The fraction of sp³-hybridized carbons (Fsp3) is 0.542. The van der Waals surface area contributed by atoms with E-state index in [1.165, 1.54) is 11.0 Å². The summed E-state index contributed by atoms with van der Waals surface area (Å²) in [4.78, 5) is 40.1. The van der Waals surface area contributed by atoms with E-state index in [0.29, 0.717) is 5.56 Å². The fourth-order valence-corrected chi connectivity index (χ4v) is 2.96. The first-order valence-electron chi connectivity index (χ1n) is 10.6. The summed E-state index contributed by atoms with van der Waals surface area (Å²) in [5.74, 6) is -1.02. The third-order valence-corrected chi connectivity index (χ3v) is 4.23. The van der Waals surface area contributed by atoms with E-state index in [9.17, 15) is 19.5 Å². The zero-order valence-electron chi connectivity index (χ0n) is 20.2. The number of amides is 3. The molecule has 0 aliphatic rings. The minimum atomic E-state index is -1.29. The molecule has 8 heteroatoms. The molecule has 0 aromatic heterocycles. The fourth-order valence-electron chi connectivity index (χ4n) is 2.96. The van der Waals surface area contributed by atoms with Gasteiger partial charge in [-0.15, -0.1) is 6.58 Å². The second kappa shape index (κ2) is 11.1. The van der Waals surface area contributed by atoms with Gasteiger partial charge in [-0.05, 0) is 54.0 Å². The Kier molecular flexibility index (Phi) is 9.45. The quantitative estimate of drug-likeness (QED) is 0.531. The van der Waals surface area contributed by atoms with Gasteiger partial charge in [0.25, 0.3) is 0 Å². The summed E-state index contributed by atoms with van der Waals surface area (Å²) < 4.78 is 5.20. The number of carbonyl (C=O) groups excluding carboxylic acids is 3. The molecule has 1 aromatic carbocycles. The molecular weight excluding hydrogens is 410 g/mol. The van der Waals surface area contributed by atoms with Gasteiger partial charge < -0.3 is 25.4 Å². The second-order valence-corrected chi connectivity index (χ2v) is 9.71. The van der Waals surface area contributed by atoms with Crippen molar-refractivity contribution in [1.82, 2.24) is 15.5 Å². The highest BCUT2D eigenvalue weighted by Gasteiger charge is 2.36. The Morgan fingerprint density at radius 2 is 1.69 bits per heavy atom. The number of ether oxygens (including phenoxy) is 1. The maximum atomic E-state index is 13.4. The summed E-state index contributed by atoms with van der Waals surface area (Å²) in [6.45, 7) is 15.6. The zero-order chi connectivity index (χ0) is 24.7. The third-order valence-electron chi connectivity index (χ3n) is 4.23. The summed E-state index contributed by atoms with van der Waals surface area (Å²) in [6.07, 6.45) is 0.653. The monoisotopic (exact) mass is 447 g/mol. The molecule has 2 unspecified atom stereocenters. The minimum Gasteiger partial charge on any atom is -0.444 e. The van der Waals surface area contributed by atoms with Crippen molar-refractivity contribution < 1.29 is 24.2 Å². The Morgan fingerprint density at radius 1 is 1.12 bits per heavy atom. The van der Waals surface area contributed by atoms with Crippen LogP contribution in [0.2, 0.25) is 0 Å². The van der Waals surface area contributed by atoms with Crippen molar-refractivity contribution >= 4 is 17.9 Å². The highest BCUT2D eigenvalue weighted by molar-refractivity contribution is 5.92. The first kappa shape index (κ1) is 27.2. The van der Waals surface area contributed by atoms with Crippen molar-refractivity contribution in [3.63, 3.8) is 0 Å². The topological polar surface area (TPSA) is 108 Å². The number of rotatable bonds is 8. The molecule has 178 valence electrons. The van der Waals surface area contributed by atoms with Crippen LogP contribution in [-0.2, 0) is 14.3 Å². The molecule has 3 amide bonds. The molecule has 3 N–H and O–H groups in total. The van der Waals surface area contributed by atoms with Crippen molar-refractivity contribution in [2.24, 2.45) is 0 Å². The molecule has 1 rings (SSSR count). The number of hydrogen-bond donors (Lipinski definition) is 3. The van der Waals surface area contributed by atoms with Gasteiger partial charge in [-0.1, -0.05) is 35.9 Å². The molecule has 0 spiro atoms. The number of aryl methyl sites for hydroxylation is 1. The van der Waals surface area contributed by atoms with E-state index in [1.807, 2.05) is 39.8 Å². The average Bonchev–Trinajstić information content (AvgIpc) is 2.63. The van der Waals surface area contributed by atoms with Crippen molar-refractivity contribution in [3.8, 4) is 0 Å².